The molecule has 3 aromatic carbocycles. The predicted octanol–water partition coefficient (Wildman–Crippen LogP) is 5.64. The van der Waals surface area contributed by atoms with Crippen molar-refractivity contribution in [2.75, 3.05) is 13.2 Å². The van der Waals surface area contributed by atoms with E-state index < -0.39 is 29.8 Å². The van der Waals surface area contributed by atoms with Gasteiger partial charge in [-0.05, 0) is 71.0 Å². The van der Waals surface area contributed by atoms with Crippen LogP contribution in [0.15, 0.2) is 72.8 Å². The highest BCUT2D eigenvalue weighted by molar-refractivity contribution is 14.1. The third-order valence-electron chi connectivity index (χ3n) is 6.99. The molecule has 4 aromatic rings. The zero-order valence-electron chi connectivity index (χ0n) is 21.9. The standard InChI is InChI=1S/C30H28FIN4O4/c1-17(19-6-4-3-5-7-19)27(28-33-18(2)25(34-28)23-13-10-21(32)16-24(23)31)36-29(38)26(35-30(36)39)20-8-11-22(12-9-20)40-15-14-37/h3-13,16-17,26-27,37H,14-15H2,1-2H3,(H,33,34)(H,35,39)/t17-,26+,27-/m0/s1. The van der Waals surface area contributed by atoms with Gasteiger partial charge in [-0.15, -0.1) is 0 Å². The van der Waals surface area contributed by atoms with Gasteiger partial charge in [0.1, 0.15) is 36.1 Å². The molecule has 5 rings (SSSR count). The average molecular weight is 654 g/mol. The van der Waals surface area contributed by atoms with Gasteiger partial charge in [-0.3, -0.25) is 9.69 Å². The number of urea groups is 1. The number of aryl methyl sites for hydroxylation is 1. The number of aromatic nitrogens is 2. The predicted molar refractivity (Wildman–Crippen MR) is 156 cm³/mol. The van der Waals surface area contributed by atoms with Gasteiger partial charge >= 0.3 is 6.03 Å². The molecule has 3 amide bonds. The number of aromatic amines is 1. The molecule has 0 unspecified atom stereocenters. The van der Waals surface area contributed by atoms with Crippen molar-refractivity contribution in [3.63, 3.8) is 0 Å². The van der Waals surface area contributed by atoms with Crippen molar-refractivity contribution in [1.29, 1.82) is 0 Å². The Labute approximate surface area is 244 Å². The molecule has 40 heavy (non-hydrogen) atoms. The number of halogens is 2. The first-order chi connectivity index (χ1) is 19.3. The third-order valence-corrected chi connectivity index (χ3v) is 7.66. The summed E-state index contributed by atoms with van der Waals surface area (Å²) in [5.41, 5.74) is 2.90. The number of nitrogens with one attached hydrogen (secondary N) is 2. The molecule has 1 aliphatic rings. The van der Waals surface area contributed by atoms with Crippen LogP contribution in [0.1, 0.15) is 47.6 Å². The summed E-state index contributed by atoms with van der Waals surface area (Å²) in [5, 5.41) is 11.8. The highest BCUT2D eigenvalue weighted by atomic mass is 127. The summed E-state index contributed by atoms with van der Waals surface area (Å²) in [5.74, 6) is -0.217. The molecule has 0 radical (unpaired) electrons. The lowest BCUT2D eigenvalue weighted by Crippen LogP contribution is -2.38. The number of rotatable bonds is 9. The lowest BCUT2D eigenvalue weighted by Gasteiger charge is -2.29. The lowest BCUT2D eigenvalue weighted by molar-refractivity contribution is -0.129. The Morgan fingerprint density at radius 3 is 2.50 bits per heavy atom. The number of imide groups is 1. The number of hydrogen-bond donors (Lipinski definition) is 3. The lowest BCUT2D eigenvalue weighted by atomic mass is 9.91. The van der Waals surface area contributed by atoms with Gasteiger partial charge in [-0.2, -0.15) is 0 Å². The van der Waals surface area contributed by atoms with Gasteiger partial charge in [0.05, 0.1) is 12.3 Å². The van der Waals surface area contributed by atoms with Crippen molar-refractivity contribution >= 4 is 34.5 Å². The number of nitrogens with zero attached hydrogens (tertiary/aromatic N) is 2. The van der Waals surface area contributed by atoms with E-state index in [1.165, 1.54) is 11.0 Å². The van der Waals surface area contributed by atoms with E-state index in [0.29, 0.717) is 34.1 Å². The first-order valence-corrected chi connectivity index (χ1v) is 13.9. The molecule has 1 aliphatic heterocycles. The van der Waals surface area contributed by atoms with Crippen LogP contribution in [0.25, 0.3) is 11.3 Å². The third kappa shape index (κ3) is 5.46. The Morgan fingerprint density at radius 2 is 1.82 bits per heavy atom. The number of imidazole rings is 1. The van der Waals surface area contributed by atoms with Crippen LogP contribution in [0.2, 0.25) is 0 Å². The minimum absolute atomic E-state index is 0.112. The minimum atomic E-state index is -0.894. The van der Waals surface area contributed by atoms with Crippen LogP contribution in [0.5, 0.6) is 5.75 Å². The Hall–Kier alpha value is -3.77. The smallest absolute Gasteiger partial charge is 0.325 e. The molecule has 3 N–H and O–H groups in total. The van der Waals surface area contributed by atoms with Gasteiger partial charge in [-0.25, -0.2) is 14.2 Å². The molecule has 8 nitrogen and oxygen atoms in total. The van der Waals surface area contributed by atoms with Gasteiger partial charge < -0.3 is 20.1 Å². The van der Waals surface area contributed by atoms with E-state index in [1.54, 1.807) is 43.3 Å². The van der Waals surface area contributed by atoms with Crippen molar-refractivity contribution in [2.45, 2.75) is 31.8 Å². The van der Waals surface area contributed by atoms with Crippen LogP contribution in [0.3, 0.4) is 0 Å². The Kier molecular flexibility index (Phi) is 8.17. The average Bonchev–Trinajstić information content (AvgIpc) is 3.47. The maximum Gasteiger partial charge on any atom is 0.325 e. The highest BCUT2D eigenvalue weighted by Gasteiger charge is 2.46. The molecule has 206 valence electrons. The van der Waals surface area contributed by atoms with E-state index in [-0.39, 0.29) is 19.1 Å². The first-order valence-electron chi connectivity index (χ1n) is 12.8. The maximum absolute atomic E-state index is 14.9. The molecule has 2 heterocycles. The fourth-order valence-corrected chi connectivity index (χ4v) is 5.45. The number of benzene rings is 3. The Morgan fingerprint density at radius 1 is 1.10 bits per heavy atom. The molecule has 1 aromatic heterocycles. The number of ether oxygens (including phenoxy) is 1. The zero-order chi connectivity index (χ0) is 28.4. The number of carbonyl (C=O) groups excluding carboxylic acids is 2. The molecule has 10 heteroatoms. The molecule has 1 saturated heterocycles. The van der Waals surface area contributed by atoms with E-state index >= 15 is 0 Å². The van der Waals surface area contributed by atoms with Crippen LogP contribution >= 0.6 is 22.6 Å². The number of hydrogen-bond acceptors (Lipinski definition) is 5. The van der Waals surface area contributed by atoms with Gasteiger partial charge in [0.2, 0.25) is 0 Å². The number of H-pyrrole nitrogens is 1. The van der Waals surface area contributed by atoms with E-state index in [0.717, 1.165) is 9.13 Å². The van der Waals surface area contributed by atoms with Crippen LogP contribution in [-0.4, -0.2) is 45.1 Å². The van der Waals surface area contributed by atoms with Crippen LogP contribution in [0.4, 0.5) is 9.18 Å². The summed E-state index contributed by atoms with van der Waals surface area (Å²) in [7, 11) is 0. The van der Waals surface area contributed by atoms with Gasteiger partial charge in [0.15, 0.2) is 0 Å². The van der Waals surface area contributed by atoms with Crippen molar-refractivity contribution in [1.82, 2.24) is 20.2 Å². The van der Waals surface area contributed by atoms with Gasteiger partial charge in [0.25, 0.3) is 5.91 Å². The monoisotopic (exact) mass is 654 g/mol. The van der Waals surface area contributed by atoms with E-state index in [2.05, 4.69) is 32.9 Å². The summed E-state index contributed by atoms with van der Waals surface area (Å²) in [4.78, 5) is 36.5. The maximum atomic E-state index is 14.9. The number of aliphatic hydroxyl groups excluding tert-OH is 1. The molecule has 0 saturated carbocycles. The summed E-state index contributed by atoms with van der Waals surface area (Å²) in [6, 6.07) is 19.1. The van der Waals surface area contributed by atoms with Crippen LogP contribution in [0, 0.1) is 16.3 Å². The van der Waals surface area contributed by atoms with Gasteiger partial charge in [-0.1, -0.05) is 49.4 Å². The molecular formula is C30H28FIN4O4. The van der Waals surface area contributed by atoms with Crippen molar-refractivity contribution in [3.05, 3.63) is 105 Å². The second-order valence-electron chi connectivity index (χ2n) is 9.60. The number of amides is 3. The Bertz CT molecular complexity index is 1530. The van der Waals surface area contributed by atoms with Gasteiger partial charge in [0, 0.05) is 20.7 Å². The highest BCUT2D eigenvalue weighted by Crippen LogP contribution is 2.40. The van der Waals surface area contributed by atoms with Crippen LogP contribution < -0.4 is 10.1 Å². The van der Waals surface area contributed by atoms with E-state index in [9.17, 15) is 14.0 Å². The normalized spacial score (nSPS) is 16.6. The molecule has 0 bridgehead atoms. The first kappa shape index (κ1) is 27.8. The van der Waals surface area contributed by atoms with E-state index in [4.69, 9.17) is 14.8 Å². The van der Waals surface area contributed by atoms with Crippen molar-refractivity contribution < 1.29 is 23.8 Å². The zero-order valence-corrected chi connectivity index (χ0v) is 24.1. The van der Waals surface area contributed by atoms with Crippen molar-refractivity contribution in [2.24, 2.45) is 0 Å². The summed E-state index contributed by atoms with van der Waals surface area (Å²) < 4.78 is 21.1. The summed E-state index contributed by atoms with van der Waals surface area (Å²) in [6.45, 7) is 3.77. The molecule has 0 spiro atoms. The molecule has 3 atom stereocenters. The molecular weight excluding hydrogens is 626 g/mol. The fraction of sp³-hybridized carbons (Fsp3) is 0.233. The van der Waals surface area contributed by atoms with E-state index in [1.807, 2.05) is 37.3 Å². The minimum Gasteiger partial charge on any atom is -0.491 e. The topological polar surface area (TPSA) is 108 Å². The second kappa shape index (κ2) is 11.8. The largest absolute Gasteiger partial charge is 0.491 e. The van der Waals surface area contributed by atoms with Crippen LogP contribution in [-0.2, 0) is 4.79 Å². The number of carbonyl (C=O) groups is 2. The molecule has 0 aliphatic carbocycles. The van der Waals surface area contributed by atoms with Crippen molar-refractivity contribution in [3.8, 4) is 17.0 Å². The quantitative estimate of drug-likeness (QED) is 0.160. The second-order valence-corrected chi connectivity index (χ2v) is 10.8. The number of aliphatic hydroxyl groups is 1. The summed E-state index contributed by atoms with van der Waals surface area (Å²) >= 11 is 2.05. The fourth-order valence-electron chi connectivity index (χ4n) is 4.99. The summed E-state index contributed by atoms with van der Waals surface area (Å²) in [6.07, 6.45) is 0. The Balaban J connectivity index is 1.53. The SMILES string of the molecule is Cc1[nH]c([C@H]([C@@H](C)c2ccccc2)N2C(=O)N[C@H](c3ccc(OCCO)cc3)C2=O)nc1-c1ccc(I)cc1F. The molecule has 1 fully saturated rings.